The molecule has 0 fully saturated rings. The number of carbonyl (C=O) groups excluding carboxylic acids is 1. The molecule has 0 aliphatic heterocycles. The fraction of sp³-hybridized carbons (Fsp3) is 0.588. The summed E-state index contributed by atoms with van der Waals surface area (Å²) < 4.78 is 0. The van der Waals surface area contributed by atoms with Gasteiger partial charge in [-0.25, -0.2) is 0 Å². The Bertz CT molecular complexity index is 454. The molecule has 1 aromatic rings. The molecule has 4 heteroatoms. The van der Waals surface area contributed by atoms with Gasteiger partial charge in [0.1, 0.15) is 0 Å². The highest BCUT2D eigenvalue weighted by molar-refractivity contribution is 6.30. The Morgan fingerprint density at radius 3 is 2.62 bits per heavy atom. The molecule has 0 spiro atoms. The molecule has 0 atom stereocenters. The number of benzene rings is 1. The lowest BCUT2D eigenvalue weighted by atomic mass is 9.96. The molecule has 0 aliphatic carbocycles. The Balaban J connectivity index is 2.18. The van der Waals surface area contributed by atoms with E-state index in [4.69, 9.17) is 11.6 Å². The largest absolute Gasteiger partial charge is 0.345 e. The number of rotatable bonds is 7. The van der Waals surface area contributed by atoms with Gasteiger partial charge in [0.25, 0.3) is 0 Å². The third-order valence-electron chi connectivity index (χ3n) is 3.13. The van der Waals surface area contributed by atoms with E-state index in [-0.39, 0.29) is 11.3 Å². The van der Waals surface area contributed by atoms with Crippen molar-refractivity contribution >= 4 is 17.5 Å². The Hall–Kier alpha value is -1.06. The van der Waals surface area contributed by atoms with E-state index in [0.717, 1.165) is 24.5 Å². The molecule has 1 N–H and O–H groups in total. The zero-order chi connectivity index (χ0) is 15.9. The molecule has 21 heavy (non-hydrogen) atoms. The summed E-state index contributed by atoms with van der Waals surface area (Å²) in [6.45, 7) is 8.78. The van der Waals surface area contributed by atoms with Crippen molar-refractivity contribution in [2.45, 2.75) is 33.6 Å². The second kappa shape index (κ2) is 8.40. The van der Waals surface area contributed by atoms with E-state index in [1.165, 1.54) is 5.56 Å². The van der Waals surface area contributed by atoms with Gasteiger partial charge in [-0.15, -0.1) is 0 Å². The minimum absolute atomic E-state index is 0.143. The van der Waals surface area contributed by atoms with Gasteiger partial charge in [-0.3, -0.25) is 4.79 Å². The summed E-state index contributed by atoms with van der Waals surface area (Å²) in [6.07, 6.45) is 1.47. The summed E-state index contributed by atoms with van der Waals surface area (Å²) in [7, 11) is 1.87. The van der Waals surface area contributed by atoms with E-state index in [1.807, 2.05) is 30.1 Å². The number of nitrogens with zero attached hydrogens (tertiary/aromatic N) is 1. The topological polar surface area (TPSA) is 32.3 Å². The maximum atomic E-state index is 12.0. The van der Waals surface area contributed by atoms with Crippen LogP contribution >= 0.6 is 11.6 Å². The number of amides is 1. The molecule has 0 unspecified atom stereocenters. The van der Waals surface area contributed by atoms with Gasteiger partial charge in [0.2, 0.25) is 5.91 Å². The fourth-order valence-electron chi connectivity index (χ4n) is 2.24. The first-order valence-electron chi connectivity index (χ1n) is 7.47. The van der Waals surface area contributed by atoms with Crippen LogP contribution in [0.4, 0.5) is 0 Å². The molecule has 0 radical (unpaired) electrons. The Kier molecular flexibility index (Phi) is 7.20. The second-order valence-electron chi connectivity index (χ2n) is 6.69. The first-order valence-corrected chi connectivity index (χ1v) is 7.85. The van der Waals surface area contributed by atoms with Crippen LogP contribution in [0.1, 0.15) is 32.8 Å². The van der Waals surface area contributed by atoms with E-state index in [0.29, 0.717) is 13.0 Å². The van der Waals surface area contributed by atoms with Gasteiger partial charge < -0.3 is 10.2 Å². The summed E-state index contributed by atoms with van der Waals surface area (Å²) in [5.74, 6) is 0.195. The minimum atomic E-state index is 0.143. The molecule has 0 saturated heterocycles. The van der Waals surface area contributed by atoms with Crippen LogP contribution in [0.2, 0.25) is 5.02 Å². The van der Waals surface area contributed by atoms with Crippen LogP contribution in [0, 0.1) is 5.41 Å². The predicted molar refractivity (Wildman–Crippen MR) is 89.7 cm³/mol. The lowest BCUT2D eigenvalue weighted by molar-refractivity contribution is -0.130. The van der Waals surface area contributed by atoms with Crippen molar-refractivity contribution in [2.24, 2.45) is 5.41 Å². The van der Waals surface area contributed by atoms with Gasteiger partial charge in [0.05, 0.1) is 0 Å². The van der Waals surface area contributed by atoms with Gasteiger partial charge >= 0.3 is 0 Å². The van der Waals surface area contributed by atoms with E-state index in [9.17, 15) is 4.79 Å². The highest BCUT2D eigenvalue weighted by Crippen LogP contribution is 2.14. The first-order chi connectivity index (χ1) is 9.78. The monoisotopic (exact) mass is 310 g/mol. The van der Waals surface area contributed by atoms with Crippen molar-refractivity contribution in [3.63, 3.8) is 0 Å². The third kappa shape index (κ3) is 8.08. The number of nitrogens with one attached hydrogen (secondary N) is 1. The summed E-state index contributed by atoms with van der Waals surface area (Å²) in [5.41, 5.74) is 1.36. The maximum Gasteiger partial charge on any atom is 0.223 e. The number of halogens is 1. The normalized spacial score (nSPS) is 11.5. The molecule has 0 bridgehead atoms. The van der Waals surface area contributed by atoms with Crippen molar-refractivity contribution < 1.29 is 4.79 Å². The van der Waals surface area contributed by atoms with E-state index in [2.05, 4.69) is 32.2 Å². The molecule has 0 heterocycles. The quantitative estimate of drug-likeness (QED) is 0.783. The summed E-state index contributed by atoms with van der Waals surface area (Å²) in [6, 6.07) is 7.88. The average molecular weight is 311 g/mol. The molecular formula is C17H27ClN2O. The van der Waals surface area contributed by atoms with Crippen molar-refractivity contribution in [3.8, 4) is 0 Å². The van der Waals surface area contributed by atoms with Crippen molar-refractivity contribution in [1.29, 1.82) is 0 Å². The lowest BCUT2D eigenvalue weighted by Crippen LogP contribution is -2.36. The fourth-order valence-corrected chi connectivity index (χ4v) is 2.45. The van der Waals surface area contributed by atoms with Crippen LogP contribution in [-0.2, 0) is 11.2 Å². The minimum Gasteiger partial charge on any atom is -0.345 e. The van der Waals surface area contributed by atoms with Crippen LogP contribution in [0.25, 0.3) is 0 Å². The standard InChI is InChI=1S/C17H27ClN2O/c1-17(2,3)13-20(4)16(21)9-11-19-10-8-14-6-5-7-15(18)12-14/h5-7,12,19H,8-11,13H2,1-4H3. The van der Waals surface area contributed by atoms with Crippen LogP contribution in [-0.4, -0.2) is 37.5 Å². The molecule has 1 rings (SSSR count). The van der Waals surface area contributed by atoms with Crippen LogP contribution < -0.4 is 5.32 Å². The van der Waals surface area contributed by atoms with Gasteiger partial charge in [-0.1, -0.05) is 44.5 Å². The van der Waals surface area contributed by atoms with Crippen molar-refractivity contribution in [2.75, 3.05) is 26.7 Å². The van der Waals surface area contributed by atoms with Gasteiger partial charge in [0, 0.05) is 31.6 Å². The lowest BCUT2D eigenvalue weighted by Gasteiger charge is -2.26. The highest BCUT2D eigenvalue weighted by atomic mass is 35.5. The van der Waals surface area contributed by atoms with Crippen molar-refractivity contribution in [3.05, 3.63) is 34.9 Å². The SMILES string of the molecule is CN(CC(C)(C)C)C(=O)CCNCCc1cccc(Cl)c1. The molecule has 0 saturated carbocycles. The third-order valence-corrected chi connectivity index (χ3v) is 3.37. The smallest absolute Gasteiger partial charge is 0.223 e. The molecule has 3 nitrogen and oxygen atoms in total. The van der Waals surface area contributed by atoms with Gasteiger partial charge in [-0.2, -0.15) is 0 Å². The first kappa shape index (κ1) is 18.0. The van der Waals surface area contributed by atoms with E-state index in [1.54, 1.807) is 0 Å². The zero-order valence-electron chi connectivity index (χ0n) is 13.6. The molecular weight excluding hydrogens is 284 g/mol. The van der Waals surface area contributed by atoms with Gasteiger partial charge in [0.15, 0.2) is 0 Å². The summed E-state index contributed by atoms with van der Waals surface area (Å²) in [5, 5.41) is 4.08. The van der Waals surface area contributed by atoms with E-state index < -0.39 is 0 Å². The van der Waals surface area contributed by atoms with Crippen LogP contribution in [0.5, 0.6) is 0 Å². The maximum absolute atomic E-state index is 12.0. The summed E-state index contributed by atoms with van der Waals surface area (Å²) in [4.78, 5) is 13.8. The average Bonchev–Trinajstić information content (AvgIpc) is 2.36. The molecule has 0 aliphatic rings. The van der Waals surface area contributed by atoms with Crippen LogP contribution in [0.15, 0.2) is 24.3 Å². The Morgan fingerprint density at radius 1 is 1.29 bits per heavy atom. The Morgan fingerprint density at radius 2 is 2.00 bits per heavy atom. The molecule has 1 amide bonds. The van der Waals surface area contributed by atoms with E-state index >= 15 is 0 Å². The zero-order valence-corrected chi connectivity index (χ0v) is 14.3. The molecule has 1 aromatic carbocycles. The highest BCUT2D eigenvalue weighted by Gasteiger charge is 2.16. The summed E-state index contributed by atoms with van der Waals surface area (Å²) >= 11 is 5.94. The molecule has 0 aromatic heterocycles. The molecule has 118 valence electrons. The van der Waals surface area contributed by atoms with Crippen LogP contribution in [0.3, 0.4) is 0 Å². The predicted octanol–water partition coefficient (Wildman–Crippen LogP) is 3.37. The van der Waals surface area contributed by atoms with Gasteiger partial charge in [-0.05, 0) is 36.1 Å². The number of hydrogen-bond donors (Lipinski definition) is 1. The van der Waals surface area contributed by atoms with Crippen molar-refractivity contribution in [1.82, 2.24) is 10.2 Å². The second-order valence-corrected chi connectivity index (χ2v) is 7.13. The number of hydrogen-bond acceptors (Lipinski definition) is 2. The Labute approximate surface area is 133 Å². The number of carbonyl (C=O) groups is 1.